The van der Waals surface area contributed by atoms with E-state index in [0.29, 0.717) is 23.4 Å². The van der Waals surface area contributed by atoms with E-state index in [9.17, 15) is 9.59 Å². The van der Waals surface area contributed by atoms with E-state index in [1.165, 1.54) is 0 Å². The Balaban J connectivity index is 1.84. The Kier molecular flexibility index (Phi) is 8.42. The fraction of sp³-hybridized carbons (Fsp3) is 0.286. The standard InChI is InChI=1S/C21H25N3O3S/c1-3-4-5-14-27-18-12-8-16(9-13-18)20(26)24-21(28)23-17-10-6-15(7-11-17)19(25)22-2/h6-13H,3-5,14H2,1-2H3,(H,22,25)(H2,23,24,26,28). The molecular formula is C21H25N3O3S. The summed E-state index contributed by atoms with van der Waals surface area (Å²) in [5, 5.41) is 8.29. The number of rotatable bonds is 8. The van der Waals surface area contributed by atoms with Crippen molar-refractivity contribution in [1.29, 1.82) is 0 Å². The first kappa shape index (κ1) is 21.4. The average molecular weight is 400 g/mol. The number of thiocarbonyl (C=S) groups is 1. The number of hydrogen-bond donors (Lipinski definition) is 3. The van der Waals surface area contributed by atoms with E-state index in [-0.39, 0.29) is 16.9 Å². The zero-order valence-electron chi connectivity index (χ0n) is 16.1. The molecule has 0 unspecified atom stereocenters. The molecule has 0 radical (unpaired) electrons. The summed E-state index contributed by atoms with van der Waals surface area (Å²) in [7, 11) is 1.57. The smallest absolute Gasteiger partial charge is 0.257 e. The molecule has 0 spiro atoms. The maximum Gasteiger partial charge on any atom is 0.257 e. The van der Waals surface area contributed by atoms with Crippen molar-refractivity contribution in [1.82, 2.24) is 10.6 Å². The lowest BCUT2D eigenvalue weighted by Gasteiger charge is -2.11. The largest absolute Gasteiger partial charge is 0.494 e. The van der Waals surface area contributed by atoms with Gasteiger partial charge in [0.1, 0.15) is 5.75 Å². The minimum Gasteiger partial charge on any atom is -0.494 e. The fourth-order valence-corrected chi connectivity index (χ4v) is 2.64. The maximum absolute atomic E-state index is 12.3. The molecule has 0 heterocycles. The normalized spacial score (nSPS) is 10.1. The first-order chi connectivity index (χ1) is 13.5. The highest BCUT2D eigenvalue weighted by Crippen LogP contribution is 2.13. The van der Waals surface area contributed by atoms with Crippen molar-refractivity contribution >= 4 is 34.8 Å². The molecule has 0 fully saturated rings. The van der Waals surface area contributed by atoms with Crippen LogP contribution in [0.3, 0.4) is 0 Å². The SMILES string of the molecule is CCCCCOc1ccc(C(=O)NC(=S)Nc2ccc(C(=O)NC)cc2)cc1. The fourth-order valence-electron chi connectivity index (χ4n) is 2.43. The molecule has 2 amide bonds. The van der Waals surface area contributed by atoms with Gasteiger partial charge in [0.2, 0.25) is 0 Å². The molecule has 0 aliphatic heterocycles. The number of benzene rings is 2. The van der Waals surface area contributed by atoms with Gasteiger partial charge in [-0.25, -0.2) is 0 Å². The number of carbonyl (C=O) groups is 2. The van der Waals surface area contributed by atoms with E-state index in [4.69, 9.17) is 17.0 Å². The molecule has 0 aliphatic carbocycles. The van der Waals surface area contributed by atoms with Crippen molar-refractivity contribution in [2.75, 3.05) is 19.0 Å². The van der Waals surface area contributed by atoms with Crippen molar-refractivity contribution in [3.05, 3.63) is 59.7 Å². The predicted molar refractivity (Wildman–Crippen MR) is 115 cm³/mol. The third-order valence-corrected chi connectivity index (χ3v) is 4.20. The Bertz CT molecular complexity index is 805. The average Bonchev–Trinajstić information content (AvgIpc) is 2.71. The molecule has 6 nitrogen and oxygen atoms in total. The van der Waals surface area contributed by atoms with Crippen molar-refractivity contribution < 1.29 is 14.3 Å². The molecule has 2 aromatic rings. The van der Waals surface area contributed by atoms with Crippen LogP contribution in [0.5, 0.6) is 5.75 Å². The lowest BCUT2D eigenvalue weighted by molar-refractivity contribution is 0.0959. The second kappa shape index (κ2) is 11.0. The van der Waals surface area contributed by atoms with Gasteiger partial charge >= 0.3 is 0 Å². The summed E-state index contributed by atoms with van der Waals surface area (Å²) in [6, 6.07) is 13.7. The van der Waals surface area contributed by atoms with E-state index in [2.05, 4.69) is 22.9 Å². The van der Waals surface area contributed by atoms with Crippen LogP contribution < -0.4 is 20.7 Å². The monoisotopic (exact) mass is 399 g/mol. The summed E-state index contributed by atoms with van der Waals surface area (Å²) in [6.45, 7) is 2.82. The first-order valence-corrected chi connectivity index (χ1v) is 9.61. The van der Waals surface area contributed by atoms with Gasteiger partial charge < -0.3 is 15.4 Å². The summed E-state index contributed by atoms with van der Waals surface area (Å²) < 4.78 is 5.64. The van der Waals surface area contributed by atoms with E-state index in [1.54, 1.807) is 55.6 Å². The summed E-state index contributed by atoms with van der Waals surface area (Å²) in [6.07, 6.45) is 3.30. The topological polar surface area (TPSA) is 79.5 Å². The number of nitrogens with one attached hydrogen (secondary N) is 3. The van der Waals surface area contributed by atoms with Crippen molar-refractivity contribution in [2.45, 2.75) is 26.2 Å². The molecule has 0 bridgehead atoms. The summed E-state index contributed by atoms with van der Waals surface area (Å²) in [5.41, 5.74) is 1.70. The van der Waals surface area contributed by atoms with Gasteiger partial charge in [0.05, 0.1) is 6.61 Å². The van der Waals surface area contributed by atoms with Gasteiger partial charge in [0.25, 0.3) is 11.8 Å². The Labute approximate surface area is 170 Å². The number of hydrogen-bond acceptors (Lipinski definition) is 4. The van der Waals surface area contributed by atoms with Crippen LogP contribution in [-0.2, 0) is 0 Å². The van der Waals surface area contributed by atoms with Gasteiger partial charge in [0.15, 0.2) is 5.11 Å². The molecule has 28 heavy (non-hydrogen) atoms. The van der Waals surface area contributed by atoms with Gasteiger partial charge in [-0.05, 0) is 67.2 Å². The number of unbranched alkanes of at least 4 members (excludes halogenated alkanes) is 2. The molecule has 2 aromatic carbocycles. The van der Waals surface area contributed by atoms with Crippen LogP contribution in [0.2, 0.25) is 0 Å². The Hall–Kier alpha value is -2.93. The second-order valence-electron chi connectivity index (χ2n) is 6.14. The number of amides is 2. The third kappa shape index (κ3) is 6.66. The van der Waals surface area contributed by atoms with Crippen molar-refractivity contribution in [3.63, 3.8) is 0 Å². The number of carbonyl (C=O) groups excluding carboxylic acids is 2. The zero-order chi connectivity index (χ0) is 20.4. The van der Waals surface area contributed by atoms with Crippen LogP contribution >= 0.6 is 12.2 Å². The lowest BCUT2D eigenvalue weighted by Crippen LogP contribution is -2.34. The van der Waals surface area contributed by atoms with Gasteiger partial charge in [-0.2, -0.15) is 0 Å². The van der Waals surface area contributed by atoms with Crippen LogP contribution in [-0.4, -0.2) is 30.6 Å². The quantitative estimate of drug-likeness (QED) is 0.465. The third-order valence-electron chi connectivity index (χ3n) is 3.99. The van der Waals surface area contributed by atoms with E-state index >= 15 is 0 Å². The van der Waals surface area contributed by atoms with Crippen LogP contribution in [0.25, 0.3) is 0 Å². The molecule has 7 heteroatoms. The lowest BCUT2D eigenvalue weighted by atomic mass is 10.2. The molecule has 0 saturated carbocycles. The van der Waals surface area contributed by atoms with Crippen molar-refractivity contribution in [2.24, 2.45) is 0 Å². The molecule has 2 rings (SSSR count). The van der Waals surface area contributed by atoms with Crippen LogP contribution in [0, 0.1) is 0 Å². The molecular weight excluding hydrogens is 374 g/mol. The highest BCUT2D eigenvalue weighted by molar-refractivity contribution is 7.80. The van der Waals surface area contributed by atoms with Crippen LogP contribution in [0.1, 0.15) is 46.9 Å². The summed E-state index contributed by atoms with van der Waals surface area (Å²) >= 11 is 5.18. The first-order valence-electron chi connectivity index (χ1n) is 9.21. The molecule has 0 saturated heterocycles. The molecule has 0 atom stereocenters. The maximum atomic E-state index is 12.3. The van der Waals surface area contributed by atoms with Gasteiger partial charge in [-0.15, -0.1) is 0 Å². The summed E-state index contributed by atoms with van der Waals surface area (Å²) in [4.78, 5) is 23.8. The Morgan fingerprint density at radius 2 is 1.54 bits per heavy atom. The number of anilines is 1. The zero-order valence-corrected chi connectivity index (χ0v) is 16.9. The van der Waals surface area contributed by atoms with Crippen LogP contribution in [0.4, 0.5) is 5.69 Å². The minimum atomic E-state index is -0.308. The highest BCUT2D eigenvalue weighted by atomic mass is 32.1. The summed E-state index contributed by atoms with van der Waals surface area (Å²) in [5.74, 6) is 0.266. The molecule has 3 N–H and O–H groups in total. The van der Waals surface area contributed by atoms with E-state index < -0.39 is 0 Å². The number of ether oxygens (including phenoxy) is 1. The predicted octanol–water partition coefficient (Wildman–Crippen LogP) is 3.74. The minimum absolute atomic E-state index is 0.166. The van der Waals surface area contributed by atoms with Gasteiger partial charge in [-0.3, -0.25) is 14.9 Å². The van der Waals surface area contributed by atoms with Gasteiger partial charge in [0, 0.05) is 23.9 Å². The van der Waals surface area contributed by atoms with Crippen LogP contribution in [0.15, 0.2) is 48.5 Å². The van der Waals surface area contributed by atoms with E-state index in [1.807, 2.05) is 0 Å². The molecule has 148 valence electrons. The Morgan fingerprint density at radius 1 is 0.929 bits per heavy atom. The Morgan fingerprint density at radius 3 is 2.14 bits per heavy atom. The van der Waals surface area contributed by atoms with Crippen molar-refractivity contribution in [3.8, 4) is 5.75 Å². The molecule has 0 aromatic heterocycles. The highest BCUT2D eigenvalue weighted by Gasteiger charge is 2.09. The van der Waals surface area contributed by atoms with Gasteiger partial charge in [-0.1, -0.05) is 19.8 Å². The van der Waals surface area contributed by atoms with E-state index in [0.717, 1.165) is 25.0 Å². The molecule has 0 aliphatic rings. The second-order valence-corrected chi connectivity index (χ2v) is 6.55.